The highest BCUT2D eigenvalue weighted by atomic mass is 32.2. The number of sulfone groups is 1. The second-order valence-electron chi connectivity index (χ2n) is 4.09. The van der Waals surface area contributed by atoms with Crippen molar-refractivity contribution in [2.75, 3.05) is 0 Å². The zero-order valence-electron chi connectivity index (χ0n) is 10.3. The molecule has 0 aliphatic rings. The number of hydrogen-bond acceptors (Lipinski definition) is 2. The molecular weight excluding hydrogens is 260 g/mol. The molecule has 0 aliphatic heterocycles. The average Bonchev–Trinajstić information content (AvgIpc) is 2.40. The smallest absolute Gasteiger partial charge is 0.360 e. The molecule has 0 bridgehead atoms. The van der Waals surface area contributed by atoms with Gasteiger partial charge in [0.15, 0.2) is 0 Å². The molecule has 96 valence electrons. The van der Waals surface area contributed by atoms with Crippen molar-refractivity contribution in [1.82, 2.24) is 0 Å². The molecule has 19 heavy (non-hydrogen) atoms. The monoisotopic (exact) mass is 272 g/mol. The van der Waals surface area contributed by atoms with Gasteiger partial charge >= 0.3 is 5.04 Å². The lowest BCUT2D eigenvalue weighted by atomic mass is 10.1. The highest BCUT2D eigenvalue weighted by molar-refractivity contribution is 8.06. The molecule has 2 aromatic rings. The Balaban J connectivity index is 2.59. The van der Waals surface area contributed by atoms with Crippen LogP contribution in [0.25, 0.3) is 5.53 Å². The first-order valence-corrected chi connectivity index (χ1v) is 7.13. The Kier molecular flexibility index (Phi) is 3.60. The van der Waals surface area contributed by atoms with E-state index in [1.54, 1.807) is 36.4 Å². The molecule has 0 unspecified atom stereocenters. The van der Waals surface area contributed by atoms with Crippen molar-refractivity contribution >= 4 is 14.9 Å². The van der Waals surface area contributed by atoms with Crippen LogP contribution in [0, 0.1) is 6.92 Å². The van der Waals surface area contributed by atoms with Gasteiger partial charge in [-0.3, -0.25) is 0 Å². The fourth-order valence-corrected chi connectivity index (χ4v) is 3.04. The molecule has 0 heterocycles. The van der Waals surface area contributed by atoms with Crippen LogP contribution in [0.4, 0.5) is 0 Å². The Morgan fingerprint density at radius 3 is 2.32 bits per heavy atom. The molecule has 2 aromatic carbocycles. The summed E-state index contributed by atoms with van der Waals surface area (Å²) in [5.74, 6) is 0. The molecule has 5 heteroatoms. The quantitative estimate of drug-likeness (QED) is 0.364. The van der Waals surface area contributed by atoms with Gasteiger partial charge in [-0.2, -0.15) is 4.79 Å². The number of aryl methyl sites for hydroxylation is 1. The Bertz CT molecular complexity index is 746. The van der Waals surface area contributed by atoms with E-state index < -0.39 is 9.84 Å². The summed E-state index contributed by atoms with van der Waals surface area (Å²) >= 11 is 0. The lowest BCUT2D eigenvalue weighted by Crippen LogP contribution is -2.17. The van der Waals surface area contributed by atoms with Gasteiger partial charge in [0.05, 0.1) is 10.5 Å². The predicted molar refractivity (Wildman–Crippen MR) is 72.5 cm³/mol. The van der Waals surface area contributed by atoms with Gasteiger partial charge in [0, 0.05) is 0 Å². The van der Waals surface area contributed by atoms with E-state index in [1.165, 1.54) is 12.1 Å². The summed E-state index contributed by atoms with van der Waals surface area (Å²) < 4.78 is 24.8. The fraction of sp³-hybridized carbons (Fsp3) is 0.0714. The minimum absolute atomic E-state index is 0.101. The van der Waals surface area contributed by atoms with E-state index in [4.69, 9.17) is 5.53 Å². The van der Waals surface area contributed by atoms with Gasteiger partial charge < -0.3 is 5.53 Å². The first kappa shape index (κ1) is 13.2. The second kappa shape index (κ2) is 5.18. The highest BCUT2D eigenvalue weighted by Crippen LogP contribution is 2.16. The zero-order chi connectivity index (χ0) is 13.9. The van der Waals surface area contributed by atoms with Crippen molar-refractivity contribution in [1.29, 1.82) is 0 Å². The standard InChI is InChI=1S/C14H12N2O2S/c1-11-6-5-7-12(10-11)14(16-15)19(17,18)13-8-3-2-4-9-13/h2-10H,1H3. The van der Waals surface area contributed by atoms with Gasteiger partial charge in [0.2, 0.25) is 0 Å². The van der Waals surface area contributed by atoms with Crippen molar-refractivity contribution in [3.05, 3.63) is 71.3 Å². The third-order valence-electron chi connectivity index (χ3n) is 2.66. The van der Waals surface area contributed by atoms with Crippen LogP contribution in [-0.4, -0.2) is 18.3 Å². The topological polar surface area (TPSA) is 70.5 Å². The van der Waals surface area contributed by atoms with Crippen LogP contribution in [0.5, 0.6) is 0 Å². The average molecular weight is 272 g/mol. The maximum absolute atomic E-state index is 12.4. The van der Waals surface area contributed by atoms with E-state index in [-0.39, 0.29) is 9.94 Å². The SMILES string of the molecule is Cc1cccc(C(=[N+]=[N-])S(=O)(=O)c2ccccc2)c1. The van der Waals surface area contributed by atoms with Crippen molar-refractivity contribution in [3.8, 4) is 0 Å². The lowest BCUT2D eigenvalue weighted by molar-refractivity contribution is 0.000599. The van der Waals surface area contributed by atoms with Crippen molar-refractivity contribution < 1.29 is 13.2 Å². The summed E-state index contributed by atoms with van der Waals surface area (Å²) in [5.41, 5.74) is 10.3. The van der Waals surface area contributed by atoms with E-state index in [1.807, 2.05) is 13.0 Å². The first-order chi connectivity index (χ1) is 9.05. The predicted octanol–water partition coefficient (Wildman–Crippen LogP) is 2.45. The molecule has 0 aromatic heterocycles. The molecule has 0 amide bonds. The summed E-state index contributed by atoms with van der Waals surface area (Å²) in [4.78, 5) is 3.08. The lowest BCUT2D eigenvalue weighted by Gasteiger charge is -2.01. The normalized spacial score (nSPS) is 10.8. The molecular formula is C14H12N2O2S. The van der Waals surface area contributed by atoms with E-state index in [0.29, 0.717) is 5.56 Å². The van der Waals surface area contributed by atoms with Gasteiger partial charge in [0.1, 0.15) is 0 Å². The maximum Gasteiger partial charge on any atom is 0.416 e. The van der Waals surface area contributed by atoms with Gasteiger partial charge in [-0.25, -0.2) is 8.42 Å². The van der Waals surface area contributed by atoms with Gasteiger partial charge in [0.25, 0.3) is 9.84 Å². The van der Waals surface area contributed by atoms with Crippen molar-refractivity contribution in [3.63, 3.8) is 0 Å². The molecule has 0 radical (unpaired) electrons. The summed E-state index contributed by atoms with van der Waals surface area (Å²) in [6.07, 6.45) is 0. The third kappa shape index (κ3) is 2.62. The minimum atomic E-state index is -3.82. The van der Waals surface area contributed by atoms with Crippen LogP contribution in [-0.2, 0) is 9.84 Å². The number of nitrogens with zero attached hydrogens (tertiary/aromatic N) is 2. The van der Waals surface area contributed by atoms with Crippen molar-refractivity contribution in [2.24, 2.45) is 0 Å². The molecule has 0 N–H and O–H groups in total. The molecule has 0 atom stereocenters. The largest absolute Gasteiger partial charge is 0.416 e. The van der Waals surface area contributed by atoms with Crippen LogP contribution >= 0.6 is 0 Å². The Labute approximate surface area is 111 Å². The third-order valence-corrected chi connectivity index (χ3v) is 4.38. The summed E-state index contributed by atoms with van der Waals surface area (Å²) in [6.45, 7) is 1.84. The number of hydrogen-bond donors (Lipinski definition) is 0. The molecule has 0 spiro atoms. The van der Waals surface area contributed by atoms with Crippen LogP contribution in [0.2, 0.25) is 0 Å². The Hall–Kier alpha value is -2.23. The molecule has 0 saturated heterocycles. The highest BCUT2D eigenvalue weighted by Gasteiger charge is 2.31. The second-order valence-corrected chi connectivity index (χ2v) is 5.96. The van der Waals surface area contributed by atoms with Gasteiger partial charge in [-0.15, -0.1) is 0 Å². The van der Waals surface area contributed by atoms with Crippen molar-refractivity contribution in [2.45, 2.75) is 11.8 Å². The van der Waals surface area contributed by atoms with Crippen LogP contribution in [0.3, 0.4) is 0 Å². The molecule has 0 fully saturated rings. The first-order valence-electron chi connectivity index (χ1n) is 5.65. The van der Waals surface area contributed by atoms with Gasteiger partial charge in [-0.05, 0) is 31.2 Å². The summed E-state index contributed by atoms with van der Waals surface area (Å²) in [7, 11) is -3.82. The molecule has 0 aliphatic carbocycles. The van der Waals surface area contributed by atoms with Crippen LogP contribution in [0.15, 0.2) is 59.5 Å². The maximum atomic E-state index is 12.4. The fourth-order valence-electron chi connectivity index (χ4n) is 1.76. The Morgan fingerprint density at radius 2 is 1.74 bits per heavy atom. The Morgan fingerprint density at radius 1 is 1.05 bits per heavy atom. The van der Waals surface area contributed by atoms with E-state index in [0.717, 1.165) is 5.56 Å². The minimum Gasteiger partial charge on any atom is -0.360 e. The molecule has 2 rings (SSSR count). The van der Waals surface area contributed by atoms with E-state index in [2.05, 4.69) is 4.79 Å². The molecule has 4 nitrogen and oxygen atoms in total. The van der Waals surface area contributed by atoms with Crippen LogP contribution in [0.1, 0.15) is 11.1 Å². The van der Waals surface area contributed by atoms with Gasteiger partial charge in [-0.1, -0.05) is 35.9 Å². The van der Waals surface area contributed by atoms with E-state index >= 15 is 0 Å². The zero-order valence-corrected chi connectivity index (χ0v) is 11.1. The van der Waals surface area contributed by atoms with E-state index in [9.17, 15) is 8.42 Å². The summed E-state index contributed by atoms with van der Waals surface area (Å²) in [6, 6.07) is 14.7. The summed E-state index contributed by atoms with van der Waals surface area (Å²) in [5, 5.41) is -0.345. The molecule has 0 saturated carbocycles. The number of benzene rings is 2. The number of rotatable bonds is 2. The van der Waals surface area contributed by atoms with Crippen LogP contribution < -0.4 is 0 Å².